The molecule has 0 fully saturated rings. The molecule has 0 rings (SSSR count). The van der Waals surface area contributed by atoms with Crippen molar-refractivity contribution >= 4 is 0 Å². The molecule has 0 aliphatic heterocycles. The maximum absolute atomic E-state index is 5.33. The molecule has 0 atom stereocenters. The Kier molecular flexibility index (Phi) is 9.24. The number of rotatable bonds is 6. The van der Waals surface area contributed by atoms with Gasteiger partial charge in [0.1, 0.15) is 0 Å². The van der Waals surface area contributed by atoms with Gasteiger partial charge in [-0.1, -0.05) is 0 Å². The molecular weight excluding hydrogens is 152 g/mol. The second-order valence-electron chi connectivity index (χ2n) is 1.74. The van der Waals surface area contributed by atoms with Gasteiger partial charge in [-0.15, -0.1) is 0 Å². The molecule has 3 heteroatoms. The summed E-state index contributed by atoms with van der Waals surface area (Å²) in [5.74, 6) is 0. The molecular formula is C6H14O2Ti. The van der Waals surface area contributed by atoms with Crippen molar-refractivity contribution in [1.29, 1.82) is 0 Å². The fourth-order valence-electron chi connectivity index (χ4n) is 0.390. The van der Waals surface area contributed by atoms with Crippen molar-refractivity contribution in [2.24, 2.45) is 0 Å². The predicted molar refractivity (Wildman–Crippen MR) is 32.9 cm³/mol. The van der Waals surface area contributed by atoms with E-state index in [1.165, 1.54) is 0 Å². The normalized spacial score (nSPS) is 9.56. The molecule has 0 radical (unpaired) electrons. The quantitative estimate of drug-likeness (QED) is 0.439. The third-order valence-electron chi connectivity index (χ3n) is 0.816. The molecule has 0 aromatic carbocycles. The first-order valence-corrected chi connectivity index (χ1v) is 4.99. The second-order valence-corrected chi connectivity index (χ2v) is 3.42. The molecule has 2 nitrogen and oxygen atoms in total. The van der Waals surface area contributed by atoms with Crippen LogP contribution in [0.1, 0.15) is 13.3 Å². The summed E-state index contributed by atoms with van der Waals surface area (Å²) in [7, 11) is 1.73. The van der Waals surface area contributed by atoms with Gasteiger partial charge in [0.05, 0.1) is 0 Å². The zero-order valence-electron chi connectivity index (χ0n) is 6.14. The van der Waals surface area contributed by atoms with Gasteiger partial charge in [0, 0.05) is 0 Å². The van der Waals surface area contributed by atoms with Crippen LogP contribution in [0.15, 0.2) is 0 Å². The van der Waals surface area contributed by atoms with Crippen LogP contribution in [0.3, 0.4) is 0 Å². The first-order chi connectivity index (χ1) is 4.41. The minimum atomic E-state index is -0.129. The van der Waals surface area contributed by atoms with Gasteiger partial charge in [-0.2, -0.15) is 0 Å². The van der Waals surface area contributed by atoms with E-state index in [2.05, 4.69) is 6.92 Å². The molecule has 54 valence electrons. The monoisotopic (exact) mass is 166 g/mol. The van der Waals surface area contributed by atoms with E-state index in [1.54, 1.807) is 7.11 Å². The third kappa shape index (κ3) is 8.63. The predicted octanol–water partition coefficient (Wildman–Crippen LogP) is 1.48. The summed E-state index contributed by atoms with van der Waals surface area (Å²) in [6.07, 6.45) is 1.14. The van der Waals surface area contributed by atoms with Crippen molar-refractivity contribution in [3.63, 3.8) is 0 Å². The summed E-state index contributed by atoms with van der Waals surface area (Å²) in [5.41, 5.74) is 0. The van der Waals surface area contributed by atoms with Crippen molar-refractivity contribution in [2.45, 2.75) is 18.1 Å². The number of hydrogen-bond acceptors (Lipinski definition) is 2. The Balaban J connectivity index is 2.60. The van der Waals surface area contributed by atoms with Gasteiger partial charge in [0.2, 0.25) is 0 Å². The summed E-state index contributed by atoms with van der Waals surface area (Å²) >= 11 is -0.129. The molecule has 0 N–H and O–H groups in total. The van der Waals surface area contributed by atoms with Crippen LogP contribution in [0.5, 0.6) is 0 Å². The first-order valence-electron chi connectivity index (χ1n) is 3.25. The Morgan fingerprint density at radius 2 is 2.11 bits per heavy atom. The molecule has 0 aliphatic carbocycles. The van der Waals surface area contributed by atoms with Gasteiger partial charge in [-0.3, -0.25) is 0 Å². The van der Waals surface area contributed by atoms with Gasteiger partial charge >= 0.3 is 66.0 Å². The van der Waals surface area contributed by atoms with E-state index in [9.17, 15) is 0 Å². The standard InChI is InChI=1S/2C3H7O.Ti/c1-3-4-2;1-2-3-4;/h1,3H2,2H3;2-3H2,1H3;/q;-1;+1. The van der Waals surface area contributed by atoms with Crippen LogP contribution in [0.2, 0.25) is 4.73 Å². The van der Waals surface area contributed by atoms with E-state index < -0.39 is 0 Å². The van der Waals surface area contributed by atoms with Crippen molar-refractivity contribution in [1.82, 2.24) is 0 Å². The number of methoxy groups -OCH3 is 1. The molecule has 0 heterocycles. The summed E-state index contributed by atoms with van der Waals surface area (Å²) in [5, 5.41) is 0. The van der Waals surface area contributed by atoms with Crippen LogP contribution < -0.4 is 0 Å². The molecule has 0 aliphatic rings. The first kappa shape index (κ1) is 9.63. The van der Waals surface area contributed by atoms with Crippen molar-refractivity contribution in [2.75, 3.05) is 20.3 Å². The Bertz CT molecular complexity index is 44.3. The fourth-order valence-corrected chi connectivity index (χ4v) is 1.61. The Morgan fingerprint density at radius 1 is 1.33 bits per heavy atom. The SMILES string of the molecule is CCC[O][Ti][CH2]COC. The summed E-state index contributed by atoms with van der Waals surface area (Å²) < 4.78 is 11.3. The molecule has 0 saturated heterocycles. The topological polar surface area (TPSA) is 18.5 Å². The fraction of sp³-hybridized carbons (Fsp3) is 1.00. The number of hydrogen-bond donors (Lipinski definition) is 0. The van der Waals surface area contributed by atoms with E-state index in [4.69, 9.17) is 8.06 Å². The van der Waals surface area contributed by atoms with Crippen LogP contribution >= 0.6 is 0 Å². The van der Waals surface area contributed by atoms with Crippen LogP contribution in [0.25, 0.3) is 0 Å². The van der Waals surface area contributed by atoms with Gasteiger partial charge in [0.15, 0.2) is 0 Å². The third-order valence-corrected chi connectivity index (χ3v) is 2.09. The second kappa shape index (κ2) is 8.63. The zero-order valence-corrected chi connectivity index (χ0v) is 7.71. The molecule has 0 saturated carbocycles. The van der Waals surface area contributed by atoms with Crippen molar-refractivity contribution in [3.05, 3.63) is 0 Å². The number of ether oxygens (including phenoxy) is 1. The van der Waals surface area contributed by atoms with E-state index >= 15 is 0 Å². The van der Waals surface area contributed by atoms with E-state index in [0.717, 1.165) is 24.4 Å². The Morgan fingerprint density at radius 3 is 2.67 bits per heavy atom. The average molecular weight is 166 g/mol. The van der Waals surface area contributed by atoms with Gasteiger partial charge < -0.3 is 0 Å². The van der Waals surface area contributed by atoms with Crippen LogP contribution in [0, 0.1) is 0 Å². The molecule has 0 aromatic heterocycles. The Hall–Kier alpha value is 0.634. The van der Waals surface area contributed by atoms with Gasteiger partial charge in [0.25, 0.3) is 0 Å². The maximum atomic E-state index is 5.33. The van der Waals surface area contributed by atoms with E-state index in [0.29, 0.717) is 0 Å². The van der Waals surface area contributed by atoms with Crippen molar-refractivity contribution < 1.29 is 27.6 Å². The molecule has 0 spiro atoms. The summed E-state index contributed by atoms with van der Waals surface area (Å²) in [6.45, 7) is 3.93. The van der Waals surface area contributed by atoms with Crippen molar-refractivity contribution in [3.8, 4) is 0 Å². The van der Waals surface area contributed by atoms with Crippen LogP contribution in [0.4, 0.5) is 0 Å². The minimum absolute atomic E-state index is 0.129. The molecule has 9 heavy (non-hydrogen) atoms. The molecule has 0 aromatic rings. The molecule has 0 amide bonds. The van der Waals surface area contributed by atoms with Crippen LogP contribution in [-0.4, -0.2) is 20.3 Å². The van der Waals surface area contributed by atoms with Gasteiger partial charge in [-0.05, 0) is 0 Å². The molecule has 0 bridgehead atoms. The molecule has 0 unspecified atom stereocenters. The van der Waals surface area contributed by atoms with Crippen LogP contribution in [-0.2, 0) is 27.6 Å². The van der Waals surface area contributed by atoms with E-state index in [1.807, 2.05) is 0 Å². The van der Waals surface area contributed by atoms with Gasteiger partial charge in [-0.25, -0.2) is 0 Å². The summed E-state index contributed by atoms with van der Waals surface area (Å²) in [6, 6.07) is 0. The zero-order chi connectivity index (χ0) is 6.95. The Labute approximate surface area is 66.3 Å². The average Bonchev–Trinajstić information content (AvgIpc) is 1.89. The summed E-state index contributed by atoms with van der Waals surface area (Å²) in [4.78, 5) is 0. The van der Waals surface area contributed by atoms with E-state index in [-0.39, 0.29) is 19.5 Å².